The third-order valence-electron chi connectivity index (χ3n) is 6.51. The van der Waals surface area contributed by atoms with Gasteiger partial charge in [-0.3, -0.25) is 9.78 Å². The van der Waals surface area contributed by atoms with Gasteiger partial charge in [-0.15, -0.1) is 0 Å². The zero-order valence-corrected chi connectivity index (χ0v) is 17.8. The van der Waals surface area contributed by atoms with E-state index in [1.165, 1.54) is 0 Å². The second-order valence-corrected chi connectivity index (χ2v) is 9.37. The topological polar surface area (TPSA) is 74.7 Å². The molecule has 1 fully saturated rings. The molecule has 1 unspecified atom stereocenters. The first-order valence-corrected chi connectivity index (χ1v) is 10.9. The van der Waals surface area contributed by atoms with Gasteiger partial charge in [0.1, 0.15) is 5.75 Å². The third kappa shape index (κ3) is 3.37. The number of aliphatic hydroxyl groups excluding tert-OH is 1. The number of carbonyl (C=O) groups excluding carboxylic acids is 1. The van der Waals surface area contributed by atoms with Crippen LogP contribution < -0.4 is 10.1 Å². The van der Waals surface area contributed by atoms with E-state index in [1.54, 1.807) is 0 Å². The van der Waals surface area contributed by atoms with Gasteiger partial charge in [0, 0.05) is 72.7 Å². The van der Waals surface area contributed by atoms with Crippen LogP contribution in [0.3, 0.4) is 0 Å². The van der Waals surface area contributed by atoms with Crippen LogP contribution in [0.15, 0.2) is 24.4 Å². The Kier molecular flexibility index (Phi) is 4.96. The van der Waals surface area contributed by atoms with Crippen molar-refractivity contribution in [3.63, 3.8) is 0 Å². The second-order valence-electron chi connectivity index (χ2n) is 8.93. The molecular formula is C23H26ClN3O3. The van der Waals surface area contributed by atoms with Gasteiger partial charge in [0.05, 0.1) is 0 Å². The van der Waals surface area contributed by atoms with Crippen molar-refractivity contribution in [1.82, 2.24) is 15.2 Å². The van der Waals surface area contributed by atoms with Crippen LogP contribution in [0.1, 0.15) is 23.7 Å². The van der Waals surface area contributed by atoms with E-state index < -0.39 is 6.10 Å². The van der Waals surface area contributed by atoms with Crippen LogP contribution >= 0.6 is 11.6 Å². The average Bonchev–Trinajstić information content (AvgIpc) is 3.34. The molecule has 1 aliphatic carbocycles. The normalized spacial score (nSPS) is 25.0. The third-order valence-corrected chi connectivity index (χ3v) is 6.73. The van der Waals surface area contributed by atoms with Crippen molar-refractivity contribution in [2.75, 3.05) is 32.8 Å². The number of aliphatic hydroxyl groups is 1. The zero-order valence-electron chi connectivity index (χ0n) is 17.1. The molecule has 2 atom stereocenters. The lowest BCUT2D eigenvalue weighted by atomic mass is 9.87. The van der Waals surface area contributed by atoms with Crippen LogP contribution in [0.2, 0.25) is 5.02 Å². The highest BCUT2D eigenvalue weighted by Gasteiger charge is 2.38. The monoisotopic (exact) mass is 427 g/mol. The summed E-state index contributed by atoms with van der Waals surface area (Å²) in [6.45, 7) is 5.25. The minimum absolute atomic E-state index is 0.0441. The Morgan fingerprint density at radius 3 is 2.90 bits per heavy atom. The molecule has 0 saturated carbocycles. The molecule has 1 aromatic heterocycles. The van der Waals surface area contributed by atoms with Gasteiger partial charge >= 0.3 is 0 Å². The molecule has 3 heterocycles. The van der Waals surface area contributed by atoms with Crippen molar-refractivity contribution in [2.24, 2.45) is 5.41 Å². The number of rotatable bonds is 3. The van der Waals surface area contributed by atoms with Gasteiger partial charge in [-0.25, -0.2) is 0 Å². The number of benzene rings is 1. The number of hydrogen-bond acceptors (Lipinski definition) is 5. The lowest BCUT2D eigenvalue weighted by Gasteiger charge is -2.29. The van der Waals surface area contributed by atoms with Crippen LogP contribution in [-0.4, -0.2) is 59.8 Å². The predicted molar refractivity (Wildman–Crippen MR) is 115 cm³/mol. The molecule has 158 valence electrons. The molecule has 1 saturated heterocycles. The number of nitrogens with zero attached hydrogens (tertiary/aromatic N) is 2. The summed E-state index contributed by atoms with van der Waals surface area (Å²) >= 11 is 6.47. The maximum absolute atomic E-state index is 13.0. The van der Waals surface area contributed by atoms with E-state index in [9.17, 15) is 9.90 Å². The van der Waals surface area contributed by atoms with Crippen LogP contribution in [0.25, 0.3) is 11.1 Å². The maximum Gasteiger partial charge on any atom is 0.264 e. The maximum atomic E-state index is 13.0. The molecule has 1 amide bonds. The lowest BCUT2D eigenvalue weighted by Crippen LogP contribution is -2.50. The minimum atomic E-state index is -0.507. The lowest BCUT2D eigenvalue weighted by molar-refractivity contribution is -0.138. The fraction of sp³-hybridized carbons (Fsp3) is 0.478. The average molecular weight is 428 g/mol. The SMILES string of the molecule is CC1(CO)Cc2nccc(-c3cc(Cl)cc4c3O[C@@H](C(=O)N3CCNCC3)C4)c2C1. The molecule has 6 nitrogen and oxygen atoms in total. The molecular weight excluding hydrogens is 402 g/mol. The standard InChI is InChI=1S/C23H26ClN3O3/c1-23(13-28)11-18-16(2-3-26-19(18)12-23)17-10-15(24)8-14-9-20(30-21(14)17)22(29)27-6-4-25-5-7-27/h2-3,8,10,20,25,28H,4-7,9,11-13H2,1H3/t20-,23?/m1/s1. The fourth-order valence-electron chi connectivity index (χ4n) is 4.89. The Morgan fingerprint density at radius 1 is 1.33 bits per heavy atom. The number of amides is 1. The van der Waals surface area contributed by atoms with Crippen LogP contribution in [-0.2, 0) is 24.1 Å². The number of pyridine rings is 1. The number of piperazine rings is 1. The van der Waals surface area contributed by atoms with E-state index in [-0.39, 0.29) is 17.9 Å². The number of aromatic nitrogens is 1. The largest absolute Gasteiger partial charge is 0.479 e. The zero-order chi connectivity index (χ0) is 20.9. The summed E-state index contributed by atoms with van der Waals surface area (Å²) in [5.41, 5.74) is 4.87. The number of carbonyl (C=O) groups is 1. The van der Waals surface area contributed by atoms with Crippen molar-refractivity contribution in [1.29, 1.82) is 0 Å². The van der Waals surface area contributed by atoms with Crippen molar-refractivity contribution in [2.45, 2.75) is 32.3 Å². The number of nitrogens with one attached hydrogen (secondary N) is 1. The molecule has 7 heteroatoms. The van der Waals surface area contributed by atoms with Gasteiger partial charge in [-0.1, -0.05) is 18.5 Å². The quantitative estimate of drug-likeness (QED) is 0.785. The minimum Gasteiger partial charge on any atom is -0.479 e. The molecule has 5 rings (SSSR count). The molecule has 30 heavy (non-hydrogen) atoms. The van der Waals surface area contributed by atoms with Crippen LogP contribution in [0.5, 0.6) is 5.75 Å². The molecule has 0 spiro atoms. The molecule has 1 aromatic carbocycles. The molecule has 3 aliphatic rings. The summed E-state index contributed by atoms with van der Waals surface area (Å²) in [5.74, 6) is 0.793. The Hall–Kier alpha value is -2.15. The number of hydrogen-bond donors (Lipinski definition) is 2. The Morgan fingerprint density at radius 2 is 2.13 bits per heavy atom. The van der Waals surface area contributed by atoms with E-state index in [1.807, 2.05) is 29.3 Å². The Labute approximate surface area is 181 Å². The summed E-state index contributed by atoms with van der Waals surface area (Å²) in [5, 5.41) is 13.8. The summed E-state index contributed by atoms with van der Waals surface area (Å²) in [6.07, 6.45) is 3.34. The van der Waals surface area contributed by atoms with Crippen LogP contribution in [0.4, 0.5) is 0 Å². The van der Waals surface area contributed by atoms with E-state index in [0.717, 1.165) is 59.6 Å². The van der Waals surface area contributed by atoms with E-state index in [4.69, 9.17) is 16.3 Å². The number of fused-ring (bicyclic) bond motifs is 2. The highest BCUT2D eigenvalue weighted by atomic mass is 35.5. The molecule has 2 aliphatic heterocycles. The van der Waals surface area contributed by atoms with Gasteiger partial charge in [0.15, 0.2) is 6.10 Å². The second kappa shape index (κ2) is 7.52. The number of ether oxygens (including phenoxy) is 1. The van der Waals surface area contributed by atoms with Crippen LogP contribution in [0, 0.1) is 5.41 Å². The van der Waals surface area contributed by atoms with Gasteiger partial charge in [0.25, 0.3) is 5.91 Å². The first kappa shape index (κ1) is 19.8. The summed E-state index contributed by atoms with van der Waals surface area (Å²) in [7, 11) is 0. The summed E-state index contributed by atoms with van der Waals surface area (Å²) in [6, 6.07) is 5.82. The smallest absolute Gasteiger partial charge is 0.264 e. The van der Waals surface area contributed by atoms with E-state index >= 15 is 0 Å². The van der Waals surface area contributed by atoms with Crippen molar-refractivity contribution in [3.8, 4) is 16.9 Å². The molecule has 0 radical (unpaired) electrons. The fourth-order valence-corrected chi connectivity index (χ4v) is 5.13. The molecule has 2 N–H and O–H groups in total. The molecule has 2 aromatic rings. The summed E-state index contributed by atoms with van der Waals surface area (Å²) in [4.78, 5) is 19.5. The van der Waals surface area contributed by atoms with Gasteiger partial charge in [-0.05, 0) is 42.2 Å². The van der Waals surface area contributed by atoms with E-state index in [2.05, 4.69) is 17.2 Å². The first-order chi connectivity index (χ1) is 14.5. The van der Waals surface area contributed by atoms with Gasteiger partial charge in [-0.2, -0.15) is 0 Å². The van der Waals surface area contributed by atoms with E-state index in [0.29, 0.717) is 24.5 Å². The first-order valence-electron chi connectivity index (χ1n) is 10.5. The predicted octanol–water partition coefficient (Wildman–Crippen LogP) is 2.23. The molecule has 0 bridgehead atoms. The highest BCUT2D eigenvalue weighted by Crippen LogP contribution is 2.46. The number of halogens is 1. The highest BCUT2D eigenvalue weighted by molar-refractivity contribution is 6.31. The summed E-state index contributed by atoms with van der Waals surface area (Å²) < 4.78 is 6.26. The van der Waals surface area contributed by atoms with Crippen molar-refractivity contribution in [3.05, 3.63) is 46.2 Å². The van der Waals surface area contributed by atoms with Crippen molar-refractivity contribution >= 4 is 17.5 Å². The Balaban J connectivity index is 1.50. The van der Waals surface area contributed by atoms with Gasteiger partial charge < -0.3 is 20.1 Å². The van der Waals surface area contributed by atoms with Crippen molar-refractivity contribution < 1.29 is 14.6 Å². The Bertz CT molecular complexity index is 1010. The van der Waals surface area contributed by atoms with Gasteiger partial charge in [0.2, 0.25) is 0 Å².